The number of ether oxygens (including phenoxy) is 1. The highest BCUT2D eigenvalue weighted by molar-refractivity contribution is 7.92. The van der Waals surface area contributed by atoms with Crippen molar-refractivity contribution in [2.75, 3.05) is 23.1 Å². The zero-order valence-electron chi connectivity index (χ0n) is 22.8. The van der Waals surface area contributed by atoms with Gasteiger partial charge in [-0.15, -0.1) is 0 Å². The van der Waals surface area contributed by atoms with Gasteiger partial charge in [0.1, 0.15) is 10.6 Å². The third kappa shape index (κ3) is 5.87. The van der Waals surface area contributed by atoms with E-state index in [4.69, 9.17) is 21.3 Å². The average Bonchev–Trinajstić information content (AvgIpc) is 2.99. The first kappa shape index (κ1) is 27.9. The number of benzene rings is 3. The van der Waals surface area contributed by atoms with Crippen LogP contribution in [0.2, 0.25) is 5.02 Å². The molecule has 6 rings (SSSR count). The Morgan fingerprint density at radius 3 is 2.67 bits per heavy atom. The van der Waals surface area contributed by atoms with Gasteiger partial charge in [-0.2, -0.15) is 0 Å². The topological polar surface area (TPSA) is 118 Å². The smallest absolute Gasteiger partial charge is 0.263 e. The van der Waals surface area contributed by atoms with Crippen molar-refractivity contribution >= 4 is 44.0 Å². The van der Waals surface area contributed by atoms with E-state index in [0.29, 0.717) is 39.9 Å². The summed E-state index contributed by atoms with van der Waals surface area (Å²) in [6.07, 6.45) is 5.54. The van der Waals surface area contributed by atoms with E-state index in [2.05, 4.69) is 25.3 Å². The summed E-state index contributed by atoms with van der Waals surface area (Å²) in [5.74, 6) is 1.49. The van der Waals surface area contributed by atoms with Crippen LogP contribution in [0, 0.1) is 6.92 Å². The number of aryl methyl sites for hydroxylation is 1. The van der Waals surface area contributed by atoms with Crippen LogP contribution >= 0.6 is 11.6 Å². The molecule has 1 saturated heterocycles. The fourth-order valence-corrected chi connectivity index (χ4v) is 6.63. The number of aromatic nitrogens is 3. The molecule has 9 nitrogen and oxygen atoms in total. The first-order valence-corrected chi connectivity index (χ1v) is 15.5. The van der Waals surface area contributed by atoms with Crippen molar-refractivity contribution in [2.45, 2.75) is 30.7 Å². The molecule has 3 aromatic carbocycles. The highest BCUT2D eigenvalue weighted by atomic mass is 35.5. The van der Waals surface area contributed by atoms with Crippen LogP contribution in [-0.4, -0.2) is 42.5 Å². The molecule has 5 aromatic rings. The lowest BCUT2D eigenvalue weighted by molar-refractivity contribution is 0.466. The van der Waals surface area contributed by atoms with Crippen LogP contribution in [0.5, 0.6) is 11.6 Å². The number of anilines is 2. The predicted octanol–water partition coefficient (Wildman–Crippen LogP) is 6.41. The Labute approximate surface area is 249 Å². The Hall–Kier alpha value is -4.25. The molecule has 3 N–H and O–H groups in total. The van der Waals surface area contributed by atoms with E-state index >= 15 is 0 Å². The van der Waals surface area contributed by atoms with Gasteiger partial charge in [0.2, 0.25) is 11.8 Å². The largest absolute Gasteiger partial charge is 0.437 e. The van der Waals surface area contributed by atoms with Crippen molar-refractivity contribution < 1.29 is 13.2 Å². The van der Waals surface area contributed by atoms with Gasteiger partial charge in [-0.05, 0) is 68.3 Å². The number of sulfonamides is 1. The number of fused-ring (bicyclic) bond motifs is 1. The first-order valence-electron chi connectivity index (χ1n) is 13.6. The van der Waals surface area contributed by atoms with Gasteiger partial charge < -0.3 is 15.4 Å². The molecule has 11 heteroatoms. The normalized spacial score (nSPS) is 15.3. The highest BCUT2D eigenvalue weighted by Crippen LogP contribution is 2.39. The van der Waals surface area contributed by atoms with Crippen molar-refractivity contribution in [2.24, 2.45) is 0 Å². The van der Waals surface area contributed by atoms with Crippen LogP contribution in [0.1, 0.15) is 18.4 Å². The second-order valence-corrected chi connectivity index (χ2v) is 12.1. The summed E-state index contributed by atoms with van der Waals surface area (Å²) in [5.41, 5.74) is 2.64. The molecular weight excluding hydrogens is 572 g/mol. The van der Waals surface area contributed by atoms with Crippen LogP contribution in [0.15, 0.2) is 90.1 Å². The van der Waals surface area contributed by atoms with E-state index < -0.39 is 10.0 Å². The molecule has 1 fully saturated rings. The van der Waals surface area contributed by atoms with E-state index in [-0.39, 0.29) is 16.0 Å². The van der Waals surface area contributed by atoms with Gasteiger partial charge in [0.05, 0.1) is 22.0 Å². The van der Waals surface area contributed by atoms with Gasteiger partial charge in [0.15, 0.2) is 0 Å². The van der Waals surface area contributed by atoms with E-state index in [1.165, 1.54) is 6.07 Å². The third-order valence-electron chi connectivity index (χ3n) is 7.11. The minimum Gasteiger partial charge on any atom is -0.437 e. The highest BCUT2D eigenvalue weighted by Gasteiger charge is 2.21. The maximum absolute atomic E-state index is 13.2. The van der Waals surface area contributed by atoms with Crippen LogP contribution < -0.4 is 20.1 Å². The summed E-state index contributed by atoms with van der Waals surface area (Å²) in [7, 11) is -3.93. The molecule has 214 valence electrons. The van der Waals surface area contributed by atoms with Crippen molar-refractivity contribution in [3.63, 3.8) is 0 Å². The van der Waals surface area contributed by atoms with Gasteiger partial charge in [0, 0.05) is 35.8 Å². The van der Waals surface area contributed by atoms with Crippen LogP contribution in [-0.2, 0) is 10.0 Å². The van der Waals surface area contributed by atoms with Gasteiger partial charge in [0.25, 0.3) is 10.0 Å². The van der Waals surface area contributed by atoms with Gasteiger partial charge in [-0.3, -0.25) is 4.72 Å². The third-order valence-corrected chi connectivity index (χ3v) is 8.98. The van der Waals surface area contributed by atoms with Gasteiger partial charge in [-0.25, -0.2) is 23.4 Å². The second-order valence-electron chi connectivity index (χ2n) is 10.1. The molecule has 42 heavy (non-hydrogen) atoms. The quantitative estimate of drug-likeness (QED) is 0.187. The molecule has 3 heterocycles. The van der Waals surface area contributed by atoms with Crippen molar-refractivity contribution in [3.8, 4) is 22.9 Å². The molecule has 0 bridgehead atoms. The Balaban J connectivity index is 1.34. The summed E-state index contributed by atoms with van der Waals surface area (Å²) in [6.45, 7) is 3.83. The monoisotopic (exact) mass is 600 g/mol. The number of hydrogen-bond acceptors (Lipinski definition) is 8. The lowest BCUT2D eigenvalue weighted by atomic mass is 10.0. The number of pyridine rings is 1. The minimum absolute atomic E-state index is 0.00356. The molecule has 0 unspecified atom stereocenters. The summed E-state index contributed by atoms with van der Waals surface area (Å²) in [4.78, 5) is 13.7. The maximum atomic E-state index is 13.2. The first-order chi connectivity index (χ1) is 20.4. The Morgan fingerprint density at radius 1 is 0.952 bits per heavy atom. The number of hydrogen-bond donors (Lipinski definition) is 3. The molecule has 0 aliphatic carbocycles. The van der Waals surface area contributed by atoms with E-state index in [9.17, 15) is 8.42 Å². The standard InChI is InChI=1S/C31H29ClN6O3S/c1-20-13-14-22-23(8-4-11-27(22)38-42(39,40)28-12-3-2-10-25(28)32)29(20)41-30-24(9-6-17-34-30)26-15-18-35-31(37-26)36-21-7-5-16-33-19-21/h2-4,6,8-15,17-18,21,33,38H,5,7,16,19H2,1H3,(H,35,36,37)/t21-/m0/s1. The molecule has 0 spiro atoms. The molecule has 2 aromatic heterocycles. The molecular formula is C31H29ClN6O3S. The summed E-state index contributed by atoms with van der Waals surface area (Å²) in [6, 6.07) is 21.3. The Morgan fingerprint density at radius 2 is 1.83 bits per heavy atom. The number of halogens is 1. The van der Waals surface area contributed by atoms with Gasteiger partial charge in [-0.1, -0.05) is 48.0 Å². The Kier molecular flexibility index (Phi) is 7.92. The summed E-state index contributed by atoms with van der Waals surface area (Å²) >= 11 is 6.19. The molecule has 1 aliphatic rings. The van der Waals surface area contributed by atoms with Crippen molar-refractivity contribution in [1.29, 1.82) is 0 Å². The van der Waals surface area contributed by atoms with Crippen LogP contribution in [0.3, 0.4) is 0 Å². The molecule has 0 saturated carbocycles. The lowest BCUT2D eigenvalue weighted by Crippen LogP contribution is -2.38. The second kappa shape index (κ2) is 11.9. The molecule has 0 radical (unpaired) electrons. The molecule has 1 atom stereocenters. The fourth-order valence-electron chi connectivity index (χ4n) is 5.03. The summed E-state index contributed by atoms with van der Waals surface area (Å²) in [5, 5.41) is 8.35. The fraction of sp³-hybridized carbons (Fsp3) is 0.194. The Bertz CT molecular complexity index is 1860. The van der Waals surface area contributed by atoms with E-state index in [1.54, 1.807) is 42.7 Å². The van der Waals surface area contributed by atoms with Crippen LogP contribution in [0.4, 0.5) is 11.6 Å². The molecule has 1 aliphatic heterocycles. The molecule has 0 amide bonds. The maximum Gasteiger partial charge on any atom is 0.263 e. The number of piperidine rings is 1. The van der Waals surface area contributed by atoms with Crippen molar-refractivity contribution in [3.05, 3.63) is 95.8 Å². The number of rotatable bonds is 8. The van der Waals surface area contributed by atoms with Crippen molar-refractivity contribution in [1.82, 2.24) is 20.3 Å². The van der Waals surface area contributed by atoms with E-state index in [1.807, 2.05) is 43.3 Å². The van der Waals surface area contributed by atoms with Gasteiger partial charge >= 0.3 is 0 Å². The lowest BCUT2D eigenvalue weighted by Gasteiger charge is -2.23. The average molecular weight is 601 g/mol. The van der Waals surface area contributed by atoms with Crippen LogP contribution in [0.25, 0.3) is 22.0 Å². The number of nitrogens with zero attached hydrogens (tertiary/aromatic N) is 3. The summed E-state index contributed by atoms with van der Waals surface area (Å²) < 4.78 is 35.6. The zero-order valence-corrected chi connectivity index (χ0v) is 24.4. The SMILES string of the molecule is Cc1ccc2c(NS(=O)(=O)c3ccccc3Cl)cccc2c1Oc1ncccc1-c1ccnc(N[C@H]2CCCNC2)n1. The van der Waals surface area contributed by atoms with E-state index in [0.717, 1.165) is 36.9 Å². The predicted molar refractivity (Wildman–Crippen MR) is 166 cm³/mol. The number of nitrogens with one attached hydrogen (secondary N) is 3. The zero-order chi connectivity index (χ0) is 29.1. The minimum atomic E-state index is -3.93.